The minimum atomic E-state index is -0.184. The molecule has 0 aliphatic rings. The van der Waals surface area contributed by atoms with Crippen LogP contribution in [0, 0.1) is 6.92 Å². The van der Waals surface area contributed by atoms with Crippen molar-refractivity contribution in [2.24, 2.45) is 0 Å². The molecule has 2 aromatic heterocycles. The number of amides is 1. The highest BCUT2D eigenvalue weighted by Crippen LogP contribution is 2.28. The summed E-state index contributed by atoms with van der Waals surface area (Å²) < 4.78 is 0. The number of carbonyl (C=O) groups is 2. The quantitative estimate of drug-likeness (QED) is 0.399. The van der Waals surface area contributed by atoms with Crippen LogP contribution in [0.1, 0.15) is 28.4 Å². The second-order valence-corrected chi connectivity index (χ2v) is 7.20. The van der Waals surface area contributed by atoms with Gasteiger partial charge in [0.05, 0.1) is 23.2 Å². The topological polar surface area (TPSA) is 86.9 Å². The zero-order valence-corrected chi connectivity index (χ0v) is 16.8. The van der Waals surface area contributed by atoms with Crippen molar-refractivity contribution in [2.75, 3.05) is 10.6 Å². The molecule has 150 valence electrons. The Morgan fingerprint density at radius 3 is 2.57 bits per heavy atom. The number of fused-ring (bicyclic) bond motifs is 1. The number of para-hydroxylation sites is 1. The van der Waals surface area contributed by atoms with Crippen molar-refractivity contribution < 1.29 is 9.59 Å². The van der Waals surface area contributed by atoms with E-state index >= 15 is 0 Å². The summed E-state index contributed by atoms with van der Waals surface area (Å²) in [5.41, 5.74) is 5.31. The van der Waals surface area contributed by atoms with Gasteiger partial charge < -0.3 is 15.6 Å². The molecule has 0 aliphatic heterocycles. The fourth-order valence-electron chi connectivity index (χ4n) is 3.39. The number of nitrogens with zero attached hydrogens (tertiary/aromatic N) is 1. The molecule has 0 spiro atoms. The molecule has 0 bridgehead atoms. The molecule has 0 aliphatic carbocycles. The van der Waals surface area contributed by atoms with Crippen molar-refractivity contribution in [1.82, 2.24) is 9.97 Å². The Morgan fingerprint density at radius 2 is 1.80 bits per heavy atom. The van der Waals surface area contributed by atoms with E-state index in [4.69, 9.17) is 0 Å². The lowest BCUT2D eigenvalue weighted by molar-refractivity contribution is -0.115. The van der Waals surface area contributed by atoms with Crippen LogP contribution in [0.25, 0.3) is 10.9 Å². The number of aryl methyl sites for hydroxylation is 1. The third-order valence-corrected chi connectivity index (χ3v) is 4.94. The minimum Gasteiger partial charge on any atom is -0.355 e. The summed E-state index contributed by atoms with van der Waals surface area (Å²) in [5, 5.41) is 7.30. The Labute approximate surface area is 174 Å². The van der Waals surface area contributed by atoms with Crippen LogP contribution < -0.4 is 10.6 Å². The molecule has 3 N–H and O–H groups in total. The molecule has 0 unspecified atom stereocenters. The fourth-order valence-corrected chi connectivity index (χ4v) is 3.39. The molecular weight excluding hydrogens is 376 g/mol. The van der Waals surface area contributed by atoms with Crippen LogP contribution in [0.5, 0.6) is 0 Å². The summed E-state index contributed by atoms with van der Waals surface area (Å²) in [6.45, 7) is 3.49. The average Bonchev–Trinajstić information content (AvgIpc) is 3.20. The van der Waals surface area contributed by atoms with Gasteiger partial charge in [0.25, 0.3) is 0 Å². The van der Waals surface area contributed by atoms with Gasteiger partial charge in [-0.05, 0) is 49.2 Å². The van der Waals surface area contributed by atoms with Gasteiger partial charge in [-0.15, -0.1) is 0 Å². The molecule has 1 amide bonds. The highest BCUT2D eigenvalue weighted by molar-refractivity contribution is 6.03. The maximum atomic E-state index is 12.4. The molecule has 4 rings (SSSR count). The lowest BCUT2D eigenvalue weighted by atomic mass is 10.1. The third kappa shape index (κ3) is 4.07. The summed E-state index contributed by atoms with van der Waals surface area (Å²) in [6.07, 6.45) is 3.71. The number of ketones is 1. The van der Waals surface area contributed by atoms with Gasteiger partial charge in [-0.2, -0.15) is 0 Å². The molecule has 6 heteroatoms. The number of benzene rings is 2. The van der Waals surface area contributed by atoms with Gasteiger partial charge in [-0.3, -0.25) is 14.6 Å². The predicted octanol–water partition coefficient (Wildman–Crippen LogP) is 5.00. The number of aromatic amines is 1. The van der Waals surface area contributed by atoms with Crippen molar-refractivity contribution in [3.63, 3.8) is 0 Å². The zero-order chi connectivity index (χ0) is 21.1. The van der Waals surface area contributed by atoms with E-state index in [1.165, 1.54) is 6.92 Å². The van der Waals surface area contributed by atoms with Crippen molar-refractivity contribution in [3.8, 4) is 0 Å². The maximum absolute atomic E-state index is 12.4. The van der Waals surface area contributed by atoms with Gasteiger partial charge in [0, 0.05) is 23.5 Å². The number of nitrogens with one attached hydrogen (secondary N) is 3. The molecule has 2 heterocycles. The number of rotatable bonds is 6. The molecule has 30 heavy (non-hydrogen) atoms. The standard InChI is InChI=1S/C24H22N4O2/c1-15-14-26-21-6-4-3-5-20(21)23(15)27-18-9-7-17(8-10-18)13-22(30)28-24-19(16(2)29)11-12-25-24/h3-12,14,25H,13H2,1-2H3,(H,26,27)(H,28,30). The van der Waals surface area contributed by atoms with E-state index in [2.05, 4.69) is 20.6 Å². The highest BCUT2D eigenvalue weighted by atomic mass is 16.1. The first-order chi connectivity index (χ1) is 14.5. The highest BCUT2D eigenvalue weighted by Gasteiger charge is 2.12. The number of Topliss-reactive ketones (excluding diaryl/α,β-unsaturated/α-hetero) is 1. The molecule has 6 nitrogen and oxygen atoms in total. The van der Waals surface area contributed by atoms with E-state index < -0.39 is 0 Å². The van der Waals surface area contributed by atoms with Gasteiger partial charge in [0.1, 0.15) is 5.82 Å². The molecule has 0 fully saturated rings. The van der Waals surface area contributed by atoms with E-state index in [1.54, 1.807) is 12.3 Å². The molecule has 0 radical (unpaired) electrons. The van der Waals surface area contributed by atoms with Crippen LogP contribution in [-0.4, -0.2) is 21.7 Å². The summed E-state index contributed by atoms with van der Waals surface area (Å²) in [7, 11) is 0. The van der Waals surface area contributed by atoms with E-state index in [9.17, 15) is 9.59 Å². The van der Waals surface area contributed by atoms with Crippen LogP contribution in [0.2, 0.25) is 0 Å². The van der Waals surface area contributed by atoms with Crippen LogP contribution in [-0.2, 0) is 11.2 Å². The molecule has 0 saturated carbocycles. The Morgan fingerprint density at radius 1 is 1.03 bits per heavy atom. The van der Waals surface area contributed by atoms with Crippen LogP contribution in [0.4, 0.5) is 17.2 Å². The Hall–Kier alpha value is -3.93. The number of hydrogen-bond donors (Lipinski definition) is 3. The Kier molecular flexibility index (Phi) is 5.30. The zero-order valence-electron chi connectivity index (χ0n) is 16.8. The normalized spacial score (nSPS) is 10.7. The number of anilines is 3. The Bertz CT molecular complexity index is 1230. The number of H-pyrrole nitrogens is 1. The van der Waals surface area contributed by atoms with Crippen LogP contribution >= 0.6 is 0 Å². The van der Waals surface area contributed by atoms with Crippen LogP contribution in [0.15, 0.2) is 67.0 Å². The summed E-state index contributed by atoms with van der Waals surface area (Å²) >= 11 is 0. The second kappa shape index (κ2) is 8.21. The summed E-state index contributed by atoms with van der Waals surface area (Å²) in [6, 6.07) is 17.4. The van der Waals surface area contributed by atoms with Gasteiger partial charge in [-0.25, -0.2) is 0 Å². The van der Waals surface area contributed by atoms with E-state index in [0.717, 1.165) is 33.4 Å². The lowest BCUT2D eigenvalue weighted by Crippen LogP contribution is -2.16. The lowest BCUT2D eigenvalue weighted by Gasteiger charge is -2.13. The Balaban J connectivity index is 1.46. The minimum absolute atomic E-state index is 0.0964. The van der Waals surface area contributed by atoms with Gasteiger partial charge in [0.15, 0.2) is 5.78 Å². The fraction of sp³-hybridized carbons (Fsp3) is 0.125. The summed E-state index contributed by atoms with van der Waals surface area (Å²) in [4.78, 5) is 31.3. The molecule has 0 saturated heterocycles. The van der Waals surface area contributed by atoms with Crippen molar-refractivity contribution in [2.45, 2.75) is 20.3 Å². The largest absolute Gasteiger partial charge is 0.355 e. The summed E-state index contributed by atoms with van der Waals surface area (Å²) in [5.74, 6) is 0.156. The monoisotopic (exact) mass is 398 g/mol. The number of pyridine rings is 1. The third-order valence-electron chi connectivity index (χ3n) is 4.94. The molecule has 4 aromatic rings. The molecule has 0 atom stereocenters. The predicted molar refractivity (Wildman–Crippen MR) is 119 cm³/mol. The van der Waals surface area contributed by atoms with E-state index in [-0.39, 0.29) is 18.1 Å². The average molecular weight is 398 g/mol. The first kappa shape index (κ1) is 19.4. The van der Waals surface area contributed by atoms with Crippen molar-refractivity contribution in [3.05, 3.63) is 83.7 Å². The van der Waals surface area contributed by atoms with E-state index in [1.807, 2.05) is 61.7 Å². The van der Waals surface area contributed by atoms with Crippen LogP contribution in [0.3, 0.4) is 0 Å². The van der Waals surface area contributed by atoms with E-state index in [0.29, 0.717) is 11.4 Å². The first-order valence-corrected chi connectivity index (χ1v) is 9.70. The van der Waals surface area contributed by atoms with Crippen molar-refractivity contribution >= 4 is 39.8 Å². The number of aromatic nitrogens is 2. The number of hydrogen-bond acceptors (Lipinski definition) is 4. The second-order valence-electron chi connectivity index (χ2n) is 7.20. The van der Waals surface area contributed by atoms with Gasteiger partial charge in [0.2, 0.25) is 5.91 Å². The molecule has 2 aromatic carbocycles. The van der Waals surface area contributed by atoms with Crippen molar-refractivity contribution in [1.29, 1.82) is 0 Å². The number of carbonyl (C=O) groups excluding carboxylic acids is 2. The van der Waals surface area contributed by atoms with Gasteiger partial charge >= 0.3 is 0 Å². The first-order valence-electron chi connectivity index (χ1n) is 9.70. The smallest absolute Gasteiger partial charge is 0.229 e. The maximum Gasteiger partial charge on any atom is 0.229 e. The van der Waals surface area contributed by atoms with Gasteiger partial charge in [-0.1, -0.05) is 30.3 Å². The SMILES string of the molecule is CC(=O)c1cc[nH]c1NC(=O)Cc1ccc(Nc2c(C)cnc3ccccc23)cc1. The molecular formula is C24H22N4O2.